The fourth-order valence-corrected chi connectivity index (χ4v) is 2.58. The predicted molar refractivity (Wildman–Crippen MR) is 74.6 cm³/mol. The molecule has 1 aliphatic heterocycles. The lowest BCUT2D eigenvalue weighted by molar-refractivity contribution is 0.255. The molecule has 96 valence electrons. The van der Waals surface area contributed by atoms with E-state index in [-0.39, 0.29) is 5.41 Å². The van der Waals surface area contributed by atoms with Gasteiger partial charge < -0.3 is 4.90 Å². The van der Waals surface area contributed by atoms with Crippen molar-refractivity contribution in [3.63, 3.8) is 0 Å². The minimum absolute atomic E-state index is 0.384. The van der Waals surface area contributed by atoms with Crippen molar-refractivity contribution in [2.45, 2.75) is 38.0 Å². The molecule has 2 nitrogen and oxygen atoms in total. The Morgan fingerprint density at radius 3 is 2.22 bits per heavy atom. The van der Waals surface area contributed by atoms with Crippen LogP contribution >= 0.6 is 0 Å². The third-order valence-electron chi connectivity index (χ3n) is 4.10. The Labute approximate surface area is 110 Å². The zero-order valence-corrected chi connectivity index (χ0v) is 11.6. The lowest BCUT2D eigenvalue weighted by Gasteiger charge is -2.29. The van der Waals surface area contributed by atoms with E-state index >= 15 is 0 Å². The van der Waals surface area contributed by atoms with E-state index < -0.39 is 0 Å². The molecule has 2 heteroatoms. The second-order valence-electron chi connectivity index (χ2n) is 5.94. The average molecular weight is 242 g/mol. The van der Waals surface area contributed by atoms with Gasteiger partial charge in [0.05, 0.1) is 11.5 Å². The Balaban J connectivity index is 2.11. The highest BCUT2D eigenvalue weighted by Gasteiger charge is 2.21. The fourth-order valence-electron chi connectivity index (χ4n) is 2.58. The quantitative estimate of drug-likeness (QED) is 0.795. The first kappa shape index (κ1) is 13.1. The fraction of sp³-hybridized carbons (Fsp3) is 0.562. The first-order valence-electron chi connectivity index (χ1n) is 6.73. The molecule has 0 aromatic heterocycles. The van der Waals surface area contributed by atoms with E-state index in [2.05, 4.69) is 42.3 Å². The highest BCUT2D eigenvalue weighted by atomic mass is 15.1. The van der Waals surface area contributed by atoms with Gasteiger partial charge in [0.1, 0.15) is 0 Å². The van der Waals surface area contributed by atoms with Gasteiger partial charge in [-0.2, -0.15) is 5.26 Å². The highest BCUT2D eigenvalue weighted by Crippen LogP contribution is 2.29. The molecule has 0 aliphatic carbocycles. The molecule has 1 heterocycles. The van der Waals surface area contributed by atoms with Crippen molar-refractivity contribution in [3.05, 3.63) is 35.4 Å². The number of benzene rings is 1. The molecule has 0 radical (unpaired) electrons. The van der Waals surface area contributed by atoms with Gasteiger partial charge in [-0.25, -0.2) is 0 Å². The summed E-state index contributed by atoms with van der Waals surface area (Å²) in [6.07, 6.45) is 2.50. The minimum Gasteiger partial charge on any atom is -0.306 e. The number of hydrogen-bond donors (Lipinski definition) is 0. The number of piperidine rings is 1. The minimum atomic E-state index is -0.384. The molecule has 0 atom stereocenters. The lowest BCUT2D eigenvalue weighted by atomic mass is 9.83. The van der Waals surface area contributed by atoms with Crippen molar-refractivity contribution in [2.24, 2.45) is 0 Å². The summed E-state index contributed by atoms with van der Waals surface area (Å²) in [6, 6.07) is 11.0. The third kappa shape index (κ3) is 2.73. The van der Waals surface area contributed by atoms with Gasteiger partial charge in [-0.15, -0.1) is 0 Å². The normalized spacial score (nSPS) is 18.6. The van der Waals surface area contributed by atoms with Crippen molar-refractivity contribution in [2.75, 3.05) is 20.1 Å². The van der Waals surface area contributed by atoms with Crippen LogP contribution in [0.15, 0.2) is 24.3 Å². The number of rotatable bonds is 2. The van der Waals surface area contributed by atoms with E-state index in [1.54, 1.807) is 0 Å². The Morgan fingerprint density at radius 2 is 1.72 bits per heavy atom. The Kier molecular flexibility index (Phi) is 3.73. The van der Waals surface area contributed by atoms with Gasteiger partial charge in [-0.3, -0.25) is 0 Å². The molecule has 0 amide bonds. The molecule has 0 bridgehead atoms. The summed E-state index contributed by atoms with van der Waals surface area (Å²) in [6.45, 7) is 6.32. The summed E-state index contributed by atoms with van der Waals surface area (Å²) in [5.74, 6) is 0.695. The second kappa shape index (κ2) is 5.12. The van der Waals surface area contributed by atoms with Gasteiger partial charge in [0.25, 0.3) is 0 Å². The van der Waals surface area contributed by atoms with E-state index in [1.807, 2.05) is 13.8 Å². The largest absolute Gasteiger partial charge is 0.306 e. The molecule has 0 spiro atoms. The van der Waals surface area contributed by atoms with Crippen LogP contribution in [0.2, 0.25) is 0 Å². The number of nitrogens with zero attached hydrogens (tertiary/aromatic N) is 2. The van der Waals surface area contributed by atoms with Crippen molar-refractivity contribution < 1.29 is 0 Å². The lowest BCUT2D eigenvalue weighted by Crippen LogP contribution is -2.29. The van der Waals surface area contributed by atoms with Crippen molar-refractivity contribution in [3.8, 4) is 6.07 Å². The van der Waals surface area contributed by atoms with Crippen LogP contribution in [0.5, 0.6) is 0 Å². The van der Waals surface area contributed by atoms with Crippen LogP contribution in [0.4, 0.5) is 0 Å². The third-order valence-corrected chi connectivity index (χ3v) is 4.10. The molecule has 1 aliphatic rings. The SMILES string of the molecule is CN1CCC(c2ccc(C(C)(C)C#N)cc2)CC1. The van der Waals surface area contributed by atoms with Crippen LogP contribution in [0.3, 0.4) is 0 Å². The summed E-state index contributed by atoms with van der Waals surface area (Å²) in [4.78, 5) is 2.39. The topological polar surface area (TPSA) is 27.0 Å². The maximum atomic E-state index is 9.14. The predicted octanol–water partition coefficient (Wildman–Crippen LogP) is 3.30. The Hall–Kier alpha value is -1.33. The smallest absolute Gasteiger partial charge is 0.0766 e. The first-order valence-corrected chi connectivity index (χ1v) is 6.73. The highest BCUT2D eigenvalue weighted by molar-refractivity contribution is 5.34. The number of hydrogen-bond acceptors (Lipinski definition) is 2. The summed E-state index contributed by atoms with van der Waals surface area (Å²) in [5, 5.41) is 9.14. The molecular weight excluding hydrogens is 220 g/mol. The molecule has 18 heavy (non-hydrogen) atoms. The van der Waals surface area contributed by atoms with E-state index in [9.17, 15) is 0 Å². The second-order valence-corrected chi connectivity index (χ2v) is 5.94. The summed E-state index contributed by atoms with van der Waals surface area (Å²) in [5.41, 5.74) is 2.16. The van der Waals surface area contributed by atoms with Crippen LogP contribution in [0.1, 0.15) is 43.7 Å². The molecule has 2 rings (SSSR count). The van der Waals surface area contributed by atoms with E-state index in [0.717, 1.165) is 5.56 Å². The summed E-state index contributed by atoms with van der Waals surface area (Å²) >= 11 is 0. The Bertz CT molecular complexity index is 431. The molecule has 1 aromatic rings. The standard InChI is InChI=1S/C16H22N2/c1-16(2,12-17)15-6-4-13(5-7-15)14-8-10-18(3)11-9-14/h4-7,14H,8-11H2,1-3H3. The van der Waals surface area contributed by atoms with Gasteiger partial charge in [-0.1, -0.05) is 24.3 Å². The van der Waals surface area contributed by atoms with Crippen LogP contribution < -0.4 is 0 Å². The number of nitriles is 1. The van der Waals surface area contributed by atoms with Crippen molar-refractivity contribution >= 4 is 0 Å². The van der Waals surface area contributed by atoms with E-state index in [0.29, 0.717) is 5.92 Å². The van der Waals surface area contributed by atoms with Crippen LogP contribution in [-0.2, 0) is 5.41 Å². The van der Waals surface area contributed by atoms with Gasteiger partial charge in [-0.05, 0) is 63.9 Å². The zero-order valence-electron chi connectivity index (χ0n) is 11.6. The molecule has 1 aromatic carbocycles. The van der Waals surface area contributed by atoms with Gasteiger partial charge in [0, 0.05) is 0 Å². The maximum Gasteiger partial charge on any atom is 0.0766 e. The monoisotopic (exact) mass is 242 g/mol. The molecule has 1 fully saturated rings. The van der Waals surface area contributed by atoms with Crippen molar-refractivity contribution in [1.82, 2.24) is 4.90 Å². The molecule has 0 unspecified atom stereocenters. The zero-order chi connectivity index (χ0) is 13.2. The van der Waals surface area contributed by atoms with Gasteiger partial charge in [0.2, 0.25) is 0 Å². The average Bonchev–Trinajstić information content (AvgIpc) is 2.40. The van der Waals surface area contributed by atoms with Gasteiger partial charge >= 0.3 is 0 Å². The van der Waals surface area contributed by atoms with Crippen LogP contribution in [0.25, 0.3) is 0 Å². The van der Waals surface area contributed by atoms with Gasteiger partial charge in [0.15, 0.2) is 0 Å². The molecule has 1 saturated heterocycles. The first-order chi connectivity index (χ1) is 8.53. The summed E-state index contributed by atoms with van der Waals surface area (Å²) in [7, 11) is 2.19. The van der Waals surface area contributed by atoms with Crippen LogP contribution in [0, 0.1) is 11.3 Å². The Morgan fingerprint density at radius 1 is 1.17 bits per heavy atom. The molecular formula is C16H22N2. The molecule has 0 N–H and O–H groups in total. The maximum absolute atomic E-state index is 9.14. The van der Waals surface area contributed by atoms with E-state index in [1.165, 1.54) is 31.5 Å². The summed E-state index contributed by atoms with van der Waals surface area (Å²) < 4.78 is 0. The molecule has 0 saturated carbocycles. The van der Waals surface area contributed by atoms with E-state index in [4.69, 9.17) is 5.26 Å². The van der Waals surface area contributed by atoms with Crippen molar-refractivity contribution in [1.29, 1.82) is 5.26 Å². The van der Waals surface area contributed by atoms with Crippen LogP contribution in [-0.4, -0.2) is 25.0 Å². The number of likely N-dealkylation sites (tertiary alicyclic amines) is 1.